The molecule has 0 saturated heterocycles. The first kappa shape index (κ1) is 9.51. The second kappa shape index (κ2) is 3.61. The van der Waals surface area contributed by atoms with Crippen molar-refractivity contribution in [2.75, 3.05) is 0 Å². The summed E-state index contributed by atoms with van der Waals surface area (Å²) in [5.74, 6) is -0.674. The molecule has 0 aliphatic heterocycles. The molecule has 0 amide bonds. The SMILES string of the molecule is CCn1ccc(-c2ccc(C(=O)O)o2)n1. The van der Waals surface area contributed by atoms with E-state index >= 15 is 0 Å². The van der Waals surface area contributed by atoms with Crippen LogP contribution in [0.1, 0.15) is 17.5 Å². The largest absolute Gasteiger partial charge is 0.475 e. The number of hydrogen-bond acceptors (Lipinski definition) is 3. The molecule has 78 valence electrons. The van der Waals surface area contributed by atoms with Crippen molar-refractivity contribution in [3.8, 4) is 11.5 Å². The fraction of sp³-hybridized carbons (Fsp3) is 0.200. The van der Waals surface area contributed by atoms with Gasteiger partial charge in [0.1, 0.15) is 5.69 Å². The molecular formula is C10H10N2O3. The Kier molecular flexibility index (Phi) is 2.29. The molecule has 1 N–H and O–H groups in total. The van der Waals surface area contributed by atoms with Crippen molar-refractivity contribution >= 4 is 5.97 Å². The summed E-state index contributed by atoms with van der Waals surface area (Å²) in [6.45, 7) is 2.74. The van der Waals surface area contributed by atoms with Crippen LogP contribution in [-0.2, 0) is 6.54 Å². The van der Waals surface area contributed by atoms with E-state index in [0.717, 1.165) is 6.54 Å². The summed E-state index contributed by atoms with van der Waals surface area (Å²) in [7, 11) is 0. The second-order valence-electron chi connectivity index (χ2n) is 3.03. The Labute approximate surface area is 85.9 Å². The zero-order chi connectivity index (χ0) is 10.8. The summed E-state index contributed by atoms with van der Waals surface area (Å²) in [6.07, 6.45) is 1.82. The van der Waals surface area contributed by atoms with Crippen LogP contribution in [0.2, 0.25) is 0 Å². The molecule has 2 heterocycles. The van der Waals surface area contributed by atoms with E-state index in [0.29, 0.717) is 11.5 Å². The van der Waals surface area contributed by atoms with Gasteiger partial charge in [-0.15, -0.1) is 0 Å². The van der Waals surface area contributed by atoms with Crippen molar-refractivity contribution in [2.24, 2.45) is 0 Å². The summed E-state index contributed by atoms with van der Waals surface area (Å²) in [5.41, 5.74) is 0.643. The summed E-state index contributed by atoms with van der Waals surface area (Å²) >= 11 is 0. The van der Waals surface area contributed by atoms with Crippen molar-refractivity contribution in [2.45, 2.75) is 13.5 Å². The van der Waals surface area contributed by atoms with Crippen LogP contribution in [0.3, 0.4) is 0 Å². The maximum absolute atomic E-state index is 10.6. The minimum absolute atomic E-state index is 0.0731. The summed E-state index contributed by atoms with van der Waals surface area (Å²) in [6, 6.07) is 4.81. The van der Waals surface area contributed by atoms with E-state index in [4.69, 9.17) is 9.52 Å². The molecule has 5 nitrogen and oxygen atoms in total. The Morgan fingerprint density at radius 2 is 2.33 bits per heavy atom. The molecule has 0 aliphatic carbocycles. The first-order valence-electron chi connectivity index (χ1n) is 4.57. The lowest BCUT2D eigenvalue weighted by Gasteiger charge is -1.92. The van der Waals surface area contributed by atoms with E-state index in [1.807, 2.05) is 13.1 Å². The fourth-order valence-electron chi connectivity index (χ4n) is 1.26. The highest BCUT2D eigenvalue weighted by Crippen LogP contribution is 2.19. The zero-order valence-corrected chi connectivity index (χ0v) is 8.17. The number of furan rings is 1. The third-order valence-corrected chi connectivity index (χ3v) is 2.03. The topological polar surface area (TPSA) is 68.3 Å². The van der Waals surface area contributed by atoms with Gasteiger partial charge in [-0.1, -0.05) is 0 Å². The van der Waals surface area contributed by atoms with E-state index in [2.05, 4.69) is 5.10 Å². The molecule has 15 heavy (non-hydrogen) atoms. The van der Waals surface area contributed by atoms with Crippen LogP contribution in [0.5, 0.6) is 0 Å². The predicted molar refractivity (Wildman–Crippen MR) is 52.6 cm³/mol. The van der Waals surface area contributed by atoms with Gasteiger partial charge in [0.2, 0.25) is 5.76 Å². The number of aryl methyl sites for hydroxylation is 1. The Morgan fingerprint density at radius 3 is 2.87 bits per heavy atom. The number of carbonyl (C=O) groups is 1. The molecule has 2 aromatic rings. The molecule has 0 atom stereocenters. The smallest absolute Gasteiger partial charge is 0.371 e. The van der Waals surface area contributed by atoms with Gasteiger partial charge in [0, 0.05) is 12.7 Å². The van der Waals surface area contributed by atoms with Gasteiger partial charge < -0.3 is 9.52 Å². The van der Waals surface area contributed by atoms with Crippen LogP contribution in [0.4, 0.5) is 0 Å². The van der Waals surface area contributed by atoms with Crippen molar-refractivity contribution in [3.05, 3.63) is 30.2 Å². The molecule has 0 aromatic carbocycles. The summed E-state index contributed by atoms with van der Waals surface area (Å²) in [5, 5.41) is 12.9. The average molecular weight is 206 g/mol. The predicted octanol–water partition coefficient (Wildman–Crippen LogP) is 1.86. The molecule has 0 unspecified atom stereocenters. The van der Waals surface area contributed by atoms with Gasteiger partial charge in [0.05, 0.1) is 0 Å². The number of carboxylic acid groups (broad SMARTS) is 1. The summed E-state index contributed by atoms with van der Waals surface area (Å²) in [4.78, 5) is 10.6. The minimum Gasteiger partial charge on any atom is -0.475 e. The van der Waals surface area contributed by atoms with Crippen LogP contribution >= 0.6 is 0 Å². The third-order valence-electron chi connectivity index (χ3n) is 2.03. The fourth-order valence-corrected chi connectivity index (χ4v) is 1.26. The van der Waals surface area contributed by atoms with E-state index in [9.17, 15) is 4.79 Å². The van der Waals surface area contributed by atoms with Gasteiger partial charge in [-0.05, 0) is 25.1 Å². The van der Waals surface area contributed by atoms with Crippen LogP contribution in [0, 0.1) is 0 Å². The van der Waals surface area contributed by atoms with Crippen molar-refractivity contribution in [3.63, 3.8) is 0 Å². The Balaban J connectivity index is 2.32. The van der Waals surface area contributed by atoms with E-state index < -0.39 is 5.97 Å². The van der Waals surface area contributed by atoms with Gasteiger partial charge in [0.25, 0.3) is 0 Å². The van der Waals surface area contributed by atoms with Crippen LogP contribution in [0.15, 0.2) is 28.8 Å². The number of nitrogens with zero attached hydrogens (tertiary/aromatic N) is 2. The molecule has 0 fully saturated rings. The highest BCUT2D eigenvalue weighted by molar-refractivity contribution is 5.85. The number of aromatic carboxylic acids is 1. The first-order valence-corrected chi connectivity index (χ1v) is 4.57. The van der Waals surface area contributed by atoms with E-state index in [1.165, 1.54) is 6.07 Å². The van der Waals surface area contributed by atoms with Gasteiger partial charge >= 0.3 is 5.97 Å². The van der Waals surface area contributed by atoms with Crippen molar-refractivity contribution < 1.29 is 14.3 Å². The molecule has 0 aliphatic rings. The summed E-state index contributed by atoms with van der Waals surface area (Å²) < 4.78 is 6.86. The highest BCUT2D eigenvalue weighted by Gasteiger charge is 2.11. The van der Waals surface area contributed by atoms with Gasteiger partial charge in [-0.2, -0.15) is 5.10 Å². The number of rotatable bonds is 3. The van der Waals surface area contributed by atoms with E-state index in [1.54, 1.807) is 16.8 Å². The van der Waals surface area contributed by atoms with Gasteiger partial charge in [-0.3, -0.25) is 4.68 Å². The number of carboxylic acids is 1. The van der Waals surface area contributed by atoms with Crippen LogP contribution in [0.25, 0.3) is 11.5 Å². The first-order chi connectivity index (χ1) is 7.20. The lowest BCUT2D eigenvalue weighted by atomic mass is 10.3. The quantitative estimate of drug-likeness (QED) is 0.832. The Bertz CT molecular complexity index is 484. The Morgan fingerprint density at radius 1 is 1.53 bits per heavy atom. The minimum atomic E-state index is -1.07. The third kappa shape index (κ3) is 1.76. The number of aromatic nitrogens is 2. The number of hydrogen-bond donors (Lipinski definition) is 1. The monoisotopic (exact) mass is 206 g/mol. The standard InChI is InChI=1S/C10H10N2O3/c1-2-12-6-5-7(11-12)8-3-4-9(15-8)10(13)14/h3-6H,2H2,1H3,(H,13,14). The van der Waals surface area contributed by atoms with Crippen LogP contribution < -0.4 is 0 Å². The molecule has 2 aromatic heterocycles. The second-order valence-corrected chi connectivity index (χ2v) is 3.03. The normalized spacial score (nSPS) is 10.5. The molecule has 5 heteroatoms. The van der Waals surface area contributed by atoms with E-state index in [-0.39, 0.29) is 5.76 Å². The lowest BCUT2D eigenvalue weighted by molar-refractivity contribution is 0.0663. The van der Waals surface area contributed by atoms with Crippen molar-refractivity contribution in [1.29, 1.82) is 0 Å². The molecule has 0 saturated carbocycles. The molecule has 0 spiro atoms. The van der Waals surface area contributed by atoms with Crippen molar-refractivity contribution in [1.82, 2.24) is 9.78 Å². The average Bonchev–Trinajstić information content (AvgIpc) is 2.86. The highest BCUT2D eigenvalue weighted by atomic mass is 16.4. The maximum Gasteiger partial charge on any atom is 0.371 e. The van der Waals surface area contributed by atoms with Gasteiger partial charge in [0.15, 0.2) is 5.76 Å². The molecule has 2 rings (SSSR count). The lowest BCUT2D eigenvalue weighted by Crippen LogP contribution is -1.93. The molecular weight excluding hydrogens is 196 g/mol. The van der Waals surface area contributed by atoms with Crippen LogP contribution in [-0.4, -0.2) is 20.9 Å². The molecule has 0 radical (unpaired) electrons. The molecule has 0 bridgehead atoms. The maximum atomic E-state index is 10.6. The van der Waals surface area contributed by atoms with Gasteiger partial charge in [-0.25, -0.2) is 4.79 Å². The Hall–Kier alpha value is -2.04. The zero-order valence-electron chi connectivity index (χ0n) is 8.17.